The zero-order chi connectivity index (χ0) is 21.9. The molecule has 0 aromatic carbocycles. The van der Waals surface area contributed by atoms with Crippen LogP contribution < -0.4 is 0 Å². The van der Waals surface area contributed by atoms with Crippen LogP contribution in [0.15, 0.2) is 34.9 Å². The van der Waals surface area contributed by atoms with Crippen molar-refractivity contribution in [3.63, 3.8) is 0 Å². The summed E-state index contributed by atoms with van der Waals surface area (Å²) in [5.74, 6) is 2.59. The van der Waals surface area contributed by atoms with Crippen LogP contribution in [0.5, 0.6) is 0 Å². The molecule has 0 bridgehead atoms. The van der Waals surface area contributed by atoms with Crippen molar-refractivity contribution in [2.24, 2.45) is 39.4 Å². The Balaban J connectivity index is 1.65. The summed E-state index contributed by atoms with van der Waals surface area (Å²) in [6.07, 6.45) is 19.9. The van der Waals surface area contributed by atoms with E-state index in [1.165, 1.54) is 63.4 Å². The fourth-order valence-electron chi connectivity index (χ4n) is 9.38. The zero-order valence-electron chi connectivity index (χ0n) is 21.3. The van der Waals surface area contributed by atoms with E-state index in [2.05, 4.69) is 73.6 Å². The highest BCUT2D eigenvalue weighted by molar-refractivity contribution is 5.29. The minimum absolute atomic E-state index is 0.369. The molecule has 168 valence electrons. The standard InChI is InChI=1S/C30H48/c1-21(2)11-9-12-22(3)23-15-19-29(7)24(23)13-14-26-28(6)18-10-17-27(4,5)25(28)16-20-30(26,29)8/h10-11,17,24-26H,9,12-16,18-20H2,1-8H3/b23-22-/t24-,25-,26-,28-,29-,30-/m0/s1. The van der Waals surface area contributed by atoms with Crippen LogP contribution in [0, 0.1) is 39.4 Å². The molecule has 0 nitrogen and oxygen atoms in total. The molecule has 0 aromatic rings. The lowest BCUT2D eigenvalue weighted by Gasteiger charge is -2.68. The Morgan fingerprint density at radius 3 is 2.37 bits per heavy atom. The van der Waals surface area contributed by atoms with Crippen molar-refractivity contribution in [1.82, 2.24) is 0 Å². The van der Waals surface area contributed by atoms with Gasteiger partial charge in [0, 0.05) is 0 Å². The van der Waals surface area contributed by atoms with Crippen LogP contribution in [0.3, 0.4) is 0 Å². The molecule has 30 heavy (non-hydrogen) atoms. The van der Waals surface area contributed by atoms with Crippen molar-refractivity contribution in [2.45, 2.75) is 113 Å². The van der Waals surface area contributed by atoms with Crippen molar-refractivity contribution in [1.29, 1.82) is 0 Å². The molecule has 0 amide bonds. The fraction of sp³-hybridized carbons (Fsp3) is 0.800. The molecule has 0 unspecified atom stereocenters. The molecular weight excluding hydrogens is 360 g/mol. The molecule has 6 atom stereocenters. The highest BCUT2D eigenvalue weighted by Crippen LogP contribution is 2.74. The van der Waals surface area contributed by atoms with Crippen LogP contribution in [0.2, 0.25) is 0 Å². The van der Waals surface area contributed by atoms with Crippen LogP contribution in [0.4, 0.5) is 0 Å². The fourth-order valence-corrected chi connectivity index (χ4v) is 9.38. The minimum atomic E-state index is 0.369. The predicted octanol–water partition coefficient (Wildman–Crippen LogP) is 9.28. The average Bonchev–Trinajstić information content (AvgIpc) is 2.99. The molecule has 0 aromatic heterocycles. The quantitative estimate of drug-likeness (QED) is 0.408. The second-order valence-corrected chi connectivity index (χ2v) is 13.2. The van der Waals surface area contributed by atoms with Crippen LogP contribution >= 0.6 is 0 Å². The van der Waals surface area contributed by atoms with Crippen molar-refractivity contribution in [3.05, 3.63) is 34.9 Å². The van der Waals surface area contributed by atoms with Gasteiger partial charge >= 0.3 is 0 Å². The van der Waals surface area contributed by atoms with Crippen molar-refractivity contribution < 1.29 is 0 Å². The molecule has 0 saturated heterocycles. The number of fused-ring (bicyclic) bond motifs is 5. The lowest BCUT2D eigenvalue weighted by atomic mass is 9.36. The Labute approximate surface area is 187 Å². The number of hydrogen-bond donors (Lipinski definition) is 0. The summed E-state index contributed by atoms with van der Waals surface area (Å²) in [6.45, 7) is 20.1. The molecule has 3 fully saturated rings. The molecule has 0 aliphatic heterocycles. The molecule has 0 heterocycles. The Hall–Kier alpha value is -0.780. The maximum Gasteiger partial charge on any atom is -0.0141 e. The van der Waals surface area contributed by atoms with Gasteiger partial charge in [0.15, 0.2) is 0 Å². The predicted molar refractivity (Wildman–Crippen MR) is 131 cm³/mol. The Morgan fingerprint density at radius 2 is 1.67 bits per heavy atom. The van der Waals surface area contributed by atoms with Crippen LogP contribution in [-0.2, 0) is 0 Å². The summed E-state index contributed by atoms with van der Waals surface area (Å²) in [6, 6.07) is 0. The monoisotopic (exact) mass is 408 g/mol. The van der Waals surface area contributed by atoms with Gasteiger partial charge in [0.2, 0.25) is 0 Å². The largest absolute Gasteiger partial charge is 0.0874 e. The molecule has 0 radical (unpaired) electrons. The van der Waals surface area contributed by atoms with Gasteiger partial charge in [-0.25, -0.2) is 0 Å². The van der Waals surface area contributed by atoms with Crippen LogP contribution in [0.1, 0.15) is 113 Å². The highest BCUT2D eigenvalue weighted by atomic mass is 14.7. The van der Waals surface area contributed by atoms with E-state index >= 15 is 0 Å². The third kappa shape index (κ3) is 3.14. The topological polar surface area (TPSA) is 0 Å². The van der Waals surface area contributed by atoms with E-state index in [0.717, 1.165) is 17.8 Å². The third-order valence-electron chi connectivity index (χ3n) is 11.1. The van der Waals surface area contributed by atoms with E-state index < -0.39 is 0 Å². The van der Waals surface area contributed by atoms with Gasteiger partial charge in [-0.05, 0) is 118 Å². The molecule has 0 N–H and O–H groups in total. The van der Waals surface area contributed by atoms with Gasteiger partial charge in [0.1, 0.15) is 0 Å². The SMILES string of the molecule is CC(C)=CCC/C(C)=C1/CC[C@@]2(C)[C@H]1CC[C@H]1[C@@]3(C)CC=CC(C)(C)[C@@H]3CC[C@@]12C. The Bertz CT molecular complexity index is 772. The van der Waals surface area contributed by atoms with Gasteiger partial charge in [-0.2, -0.15) is 0 Å². The molecule has 0 heteroatoms. The first-order chi connectivity index (χ1) is 14.0. The summed E-state index contributed by atoms with van der Waals surface area (Å²) < 4.78 is 0. The van der Waals surface area contributed by atoms with E-state index in [-0.39, 0.29) is 0 Å². The van der Waals surface area contributed by atoms with Crippen molar-refractivity contribution in [3.8, 4) is 0 Å². The molecule has 4 aliphatic rings. The molecule has 4 rings (SSSR count). The van der Waals surface area contributed by atoms with Crippen LogP contribution in [-0.4, -0.2) is 0 Å². The van der Waals surface area contributed by atoms with Gasteiger partial charge in [-0.1, -0.05) is 69.6 Å². The minimum Gasteiger partial charge on any atom is -0.0874 e. The van der Waals surface area contributed by atoms with E-state index in [4.69, 9.17) is 0 Å². The maximum absolute atomic E-state index is 2.73. The number of allylic oxidation sites excluding steroid dienone is 6. The first kappa shape index (κ1) is 22.4. The smallest absolute Gasteiger partial charge is 0.0141 e. The molecule has 4 aliphatic carbocycles. The Kier molecular flexibility index (Phi) is 5.52. The zero-order valence-corrected chi connectivity index (χ0v) is 21.3. The van der Waals surface area contributed by atoms with Gasteiger partial charge < -0.3 is 0 Å². The Morgan fingerprint density at radius 1 is 0.933 bits per heavy atom. The maximum atomic E-state index is 2.73. The molecule has 0 spiro atoms. The highest BCUT2D eigenvalue weighted by Gasteiger charge is 2.66. The third-order valence-corrected chi connectivity index (χ3v) is 11.1. The second kappa shape index (κ2) is 7.38. The van der Waals surface area contributed by atoms with Gasteiger partial charge in [-0.3, -0.25) is 0 Å². The van der Waals surface area contributed by atoms with Crippen molar-refractivity contribution >= 4 is 0 Å². The first-order valence-electron chi connectivity index (χ1n) is 13.0. The van der Waals surface area contributed by atoms with E-state index in [0.29, 0.717) is 21.7 Å². The van der Waals surface area contributed by atoms with Gasteiger partial charge in [-0.15, -0.1) is 0 Å². The number of rotatable bonds is 3. The average molecular weight is 409 g/mol. The van der Waals surface area contributed by atoms with Gasteiger partial charge in [0.25, 0.3) is 0 Å². The molecular formula is C30H48. The van der Waals surface area contributed by atoms with E-state index in [9.17, 15) is 0 Å². The number of hydrogen-bond acceptors (Lipinski definition) is 0. The van der Waals surface area contributed by atoms with Crippen molar-refractivity contribution in [2.75, 3.05) is 0 Å². The second-order valence-electron chi connectivity index (χ2n) is 13.2. The molecule has 3 saturated carbocycles. The first-order valence-corrected chi connectivity index (χ1v) is 13.0. The summed E-state index contributed by atoms with van der Waals surface area (Å²) in [5.41, 5.74) is 6.93. The van der Waals surface area contributed by atoms with E-state index in [1.54, 1.807) is 5.57 Å². The normalized spacial score (nSPS) is 45.9. The van der Waals surface area contributed by atoms with Gasteiger partial charge in [0.05, 0.1) is 0 Å². The van der Waals surface area contributed by atoms with Crippen LogP contribution in [0.25, 0.3) is 0 Å². The summed E-state index contributed by atoms with van der Waals surface area (Å²) >= 11 is 0. The lowest BCUT2D eigenvalue weighted by Crippen LogP contribution is -2.61. The summed E-state index contributed by atoms with van der Waals surface area (Å²) in [5, 5.41) is 0. The van der Waals surface area contributed by atoms with E-state index in [1.807, 2.05) is 5.57 Å². The summed E-state index contributed by atoms with van der Waals surface area (Å²) in [7, 11) is 0. The lowest BCUT2D eigenvalue weighted by molar-refractivity contribution is -0.179. The summed E-state index contributed by atoms with van der Waals surface area (Å²) in [4.78, 5) is 0.